The van der Waals surface area contributed by atoms with Crippen LogP contribution in [0, 0.1) is 17.8 Å². The SMILES string of the molecule is CCC(CCCCCCCC(C)C)OC(=O)C1CCCCC1C(=O)O. The van der Waals surface area contributed by atoms with E-state index in [-0.39, 0.29) is 12.1 Å². The number of unbranched alkanes of at least 4 members (excludes halogenated alkanes) is 4. The van der Waals surface area contributed by atoms with Gasteiger partial charge < -0.3 is 9.84 Å². The van der Waals surface area contributed by atoms with Crippen LogP contribution in [0.3, 0.4) is 0 Å². The molecule has 0 aromatic carbocycles. The minimum atomic E-state index is -0.851. The summed E-state index contributed by atoms with van der Waals surface area (Å²) in [5.74, 6) is -1.35. The summed E-state index contributed by atoms with van der Waals surface area (Å²) in [5, 5.41) is 9.32. The van der Waals surface area contributed by atoms with Gasteiger partial charge in [-0.25, -0.2) is 0 Å². The molecule has 1 saturated carbocycles. The van der Waals surface area contributed by atoms with Gasteiger partial charge in [0, 0.05) is 0 Å². The third-order valence-electron chi connectivity index (χ3n) is 5.43. The molecule has 25 heavy (non-hydrogen) atoms. The highest BCUT2D eigenvalue weighted by atomic mass is 16.5. The molecule has 0 aromatic rings. The lowest BCUT2D eigenvalue weighted by atomic mass is 9.79. The van der Waals surface area contributed by atoms with Crippen LogP contribution in [0.4, 0.5) is 0 Å². The van der Waals surface area contributed by atoms with Gasteiger partial charge in [0.2, 0.25) is 0 Å². The molecular weight excluding hydrogens is 316 g/mol. The van der Waals surface area contributed by atoms with E-state index in [4.69, 9.17) is 4.74 Å². The smallest absolute Gasteiger partial charge is 0.310 e. The molecule has 1 aliphatic rings. The molecule has 1 fully saturated rings. The predicted octanol–water partition coefficient (Wildman–Crippen LogP) is 5.59. The van der Waals surface area contributed by atoms with Crippen molar-refractivity contribution >= 4 is 11.9 Å². The van der Waals surface area contributed by atoms with Gasteiger partial charge in [-0.05, 0) is 38.0 Å². The molecule has 1 rings (SSSR count). The maximum atomic E-state index is 12.4. The van der Waals surface area contributed by atoms with Gasteiger partial charge in [0.1, 0.15) is 6.10 Å². The van der Waals surface area contributed by atoms with Gasteiger partial charge in [-0.3, -0.25) is 9.59 Å². The van der Waals surface area contributed by atoms with Gasteiger partial charge in [0.25, 0.3) is 0 Å². The number of carboxylic acid groups (broad SMARTS) is 1. The minimum Gasteiger partial charge on any atom is -0.481 e. The van der Waals surface area contributed by atoms with E-state index in [1.807, 2.05) is 6.92 Å². The maximum absolute atomic E-state index is 12.4. The third-order valence-corrected chi connectivity index (χ3v) is 5.43. The summed E-state index contributed by atoms with van der Waals surface area (Å²) in [7, 11) is 0. The summed E-state index contributed by atoms with van der Waals surface area (Å²) < 4.78 is 5.68. The van der Waals surface area contributed by atoms with Crippen LogP contribution in [-0.2, 0) is 14.3 Å². The molecule has 0 saturated heterocycles. The zero-order valence-corrected chi connectivity index (χ0v) is 16.5. The van der Waals surface area contributed by atoms with Crippen molar-refractivity contribution in [3.8, 4) is 0 Å². The average molecular weight is 355 g/mol. The summed E-state index contributed by atoms with van der Waals surface area (Å²) in [5.41, 5.74) is 0. The number of carbonyl (C=O) groups is 2. The molecule has 146 valence electrons. The first kappa shape index (κ1) is 22.0. The second-order valence-electron chi connectivity index (χ2n) is 8.04. The van der Waals surface area contributed by atoms with E-state index in [1.54, 1.807) is 0 Å². The van der Waals surface area contributed by atoms with Crippen molar-refractivity contribution < 1.29 is 19.4 Å². The Bertz CT molecular complexity index is 391. The monoisotopic (exact) mass is 354 g/mol. The quantitative estimate of drug-likeness (QED) is 0.367. The van der Waals surface area contributed by atoms with Crippen molar-refractivity contribution in [2.75, 3.05) is 0 Å². The first-order valence-electron chi connectivity index (χ1n) is 10.4. The highest BCUT2D eigenvalue weighted by Gasteiger charge is 2.37. The Morgan fingerprint density at radius 2 is 1.52 bits per heavy atom. The number of aliphatic carboxylic acids is 1. The molecule has 4 heteroatoms. The molecule has 3 unspecified atom stereocenters. The lowest BCUT2D eigenvalue weighted by Gasteiger charge is -2.28. The maximum Gasteiger partial charge on any atom is 0.310 e. The molecule has 0 bridgehead atoms. The number of ether oxygens (including phenoxy) is 1. The fourth-order valence-corrected chi connectivity index (χ4v) is 3.76. The second kappa shape index (κ2) is 12.3. The molecule has 3 atom stereocenters. The van der Waals surface area contributed by atoms with E-state index in [0.29, 0.717) is 12.8 Å². The Labute approximate surface area is 153 Å². The first-order valence-corrected chi connectivity index (χ1v) is 10.4. The lowest BCUT2D eigenvalue weighted by molar-refractivity contribution is -0.164. The van der Waals surface area contributed by atoms with Crippen LogP contribution in [0.2, 0.25) is 0 Å². The number of carbonyl (C=O) groups excluding carboxylic acids is 1. The van der Waals surface area contributed by atoms with Crippen molar-refractivity contribution in [1.82, 2.24) is 0 Å². The van der Waals surface area contributed by atoms with Crippen LogP contribution in [-0.4, -0.2) is 23.1 Å². The number of carboxylic acids is 1. The van der Waals surface area contributed by atoms with E-state index in [0.717, 1.165) is 38.0 Å². The number of rotatable bonds is 12. The first-order chi connectivity index (χ1) is 12.0. The molecule has 1 aliphatic carbocycles. The Kier molecular flexibility index (Phi) is 10.8. The molecule has 0 radical (unpaired) electrons. The number of hydrogen-bond donors (Lipinski definition) is 1. The summed E-state index contributed by atoms with van der Waals surface area (Å²) in [4.78, 5) is 23.8. The zero-order valence-electron chi connectivity index (χ0n) is 16.5. The van der Waals surface area contributed by atoms with Crippen molar-refractivity contribution in [3.63, 3.8) is 0 Å². The van der Waals surface area contributed by atoms with Crippen LogP contribution < -0.4 is 0 Å². The predicted molar refractivity (Wildman–Crippen MR) is 100 cm³/mol. The summed E-state index contributed by atoms with van der Waals surface area (Å²) >= 11 is 0. The standard InChI is InChI=1S/C21H38O4/c1-4-17(13-9-7-5-6-8-12-16(2)3)25-21(24)19-15-11-10-14-18(19)20(22)23/h16-19H,4-15H2,1-3H3,(H,22,23). The molecule has 0 aromatic heterocycles. The second-order valence-corrected chi connectivity index (χ2v) is 8.04. The Balaban J connectivity index is 2.27. The van der Waals surface area contributed by atoms with Crippen LogP contribution in [0.1, 0.15) is 97.8 Å². The third kappa shape index (κ3) is 8.73. The van der Waals surface area contributed by atoms with Gasteiger partial charge in [0.15, 0.2) is 0 Å². The van der Waals surface area contributed by atoms with Gasteiger partial charge in [-0.2, -0.15) is 0 Å². The lowest BCUT2D eigenvalue weighted by Crippen LogP contribution is -2.35. The normalized spacial score (nSPS) is 21.9. The summed E-state index contributed by atoms with van der Waals surface area (Å²) in [6, 6.07) is 0. The highest BCUT2D eigenvalue weighted by Crippen LogP contribution is 2.32. The fraction of sp³-hybridized carbons (Fsp3) is 0.905. The van der Waals surface area contributed by atoms with Gasteiger partial charge in [-0.15, -0.1) is 0 Å². The minimum absolute atomic E-state index is 0.0560. The molecular formula is C21H38O4. The van der Waals surface area contributed by atoms with Gasteiger partial charge in [-0.1, -0.05) is 65.7 Å². The van der Waals surface area contributed by atoms with Crippen LogP contribution in [0.15, 0.2) is 0 Å². The molecule has 0 amide bonds. The largest absolute Gasteiger partial charge is 0.481 e. The Morgan fingerprint density at radius 3 is 2.08 bits per heavy atom. The van der Waals surface area contributed by atoms with Crippen molar-refractivity contribution in [3.05, 3.63) is 0 Å². The molecule has 0 heterocycles. The van der Waals surface area contributed by atoms with Crippen LogP contribution in [0.5, 0.6) is 0 Å². The molecule has 1 N–H and O–H groups in total. The van der Waals surface area contributed by atoms with Gasteiger partial charge in [0.05, 0.1) is 11.8 Å². The molecule has 0 spiro atoms. The number of esters is 1. The number of hydrogen-bond acceptors (Lipinski definition) is 3. The van der Waals surface area contributed by atoms with E-state index < -0.39 is 17.8 Å². The van der Waals surface area contributed by atoms with Crippen molar-refractivity contribution in [1.29, 1.82) is 0 Å². The summed E-state index contributed by atoms with van der Waals surface area (Å²) in [6.07, 6.45) is 12.2. The fourth-order valence-electron chi connectivity index (χ4n) is 3.76. The highest BCUT2D eigenvalue weighted by molar-refractivity contribution is 5.81. The van der Waals surface area contributed by atoms with Crippen molar-refractivity contribution in [2.24, 2.45) is 17.8 Å². The van der Waals surface area contributed by atoms with Crippen LogP contribution in [0.25, 0.3) is 0 Å². The van der Waals surface area contributed by atoms with E-state index in [2.05, 4.69) is 13.8 Å². The van der Waals surface area contributed by atoms with Crippen molar-refractivity contribution in [2.45, 2.75) is 104 Å². The van der Waals surface area contributed by atoms with E-state index in [9.17, 15) is 14.7 Å². The Morgan fingerprint density at radius 1 is 0.960 bits per heavy atom. The topological polar surface area (TPSA) is 63.6 Å². The van der Waals surface area contributed by atoms with Crippen LogP contribution >= 0.6 is 0 Å². The average Bonchev–Trinajstić information content (AvgIpc) is 2.59. The zero-order chi connectivity index (χ0) is 18.7. The van der Waals surface area contributed by atoms with Gasteiger partial charge >= 0.3 is 11.9 Å². The molecule has 4 nitrogen and oxygen atoms in total. The molecule has 0 aliphatic heterocycles. The van der Waals surface area contributed by atoms with E-state index >= 15 is 0 Å². The summed E-state index contributed by atoms with van der Waals surface area (Å²) in [6.45, 7) is 6.57. The Hall–Kier alpha value is -1.06. The van der Waals surface area contributed by atoms with E-state index in [1.165, 1.54) is 32.1 Å².